The molecule has 0 amide bonds. The molecule has 0 saturated heterocycles. The van der Waals surface area contributed by atoms with Crippen molar-refractivity contribution in [1.82, 2.24) is 0 Å². The van der Waals surface area contributed by atoms with Gasteiger partial charge in [-0.2, -0.15) is 0 Å². The van der Waals surface area contributed by atoms with Crippen LogP contribution in [-0.4, -0.2) is 18.4 Å². The van der Waals surface area contributed by atoms with E-state index in [1.54, 1.807) is 0 Å². The smallest absolute Gasteiger partial charge is 0.161 e. The number of para-hydroxylation sites is 2. The van der Waals surface area contributed by atoms with E-state index in [1.165, 1.54) is 5.56 Å². The number of hydrogen-bond donors (Lipinski definition) is 0. The summed E-state index contributed by atoms with van der Waals surface area (Å²) in [7, 11) is 0. The van der Waals surface area contributed by atoms with Crippen molar-refractivity contribution in [3.8, 4) is 33.4 Å². The minimum absolute atomic E-state index is 0.468. The van der Waals surface area contributed by atoms with Crippen LogP contribution in [0.25, 0.3) is 77.3 Å². The molecule has 0 unspecified atom stereocenters. The lowest BCUT2D eigenvalue weighted by Gasteiger charge is -2.26. The number of fused-ring (bicyclic) bond motifs is 6. The van der Waals surface area contributed by atoms with E-state index in [1.807, 2.05) is 91.0 Å². The van der Waals surface area contributed by atoms with Crippen molar-refractivity contribution < 1.29 is 8.83 Å². The maximum atomic E-state index is 6.47. The fraction of sp³-hybridized carbons (Fsp3) is 0.0156. The van der Waals surface area contributed by atoms with Gasteiger partial charge in [0.1, 0.15) is 22.3 Å². The monoisotopic (exact) mass is 900 g/mol. The van der Waals surface area contributed by atoms with Gasteiger partial charge in [-0.05, 0) is 101 Å². The number of rotatable bonds is 10. The van der Waals surface area contributed by atoms with Crippen LogP contribution in [0.3, 0.4) is 0 Å². The molecule has 6 heteroatoms. The number of furan rings is 2. The fourth-order valence-corrected chi connectivity index (χ4v) is 9.45. The van der Waals surface area contributed by atoms with E-state index in [-0.39, 0.29) is 0 Å². The summed E-state index contributed by atoms with van der Waals surface area (Å²) < 4.78 is 12.9. The Morgan fingerprint density at radius 3 is 1.66 bits per heavy atom. The molecule has 0 radical (unpaired) electrons. The van der Waals surface area contributed by atoms with Crippen LogP contribution in [0.4, 0.5) is 17.1 Å². The van der Waals surface area contributed by atoms with Crippen molar-refractivity contribution in [2.24, 2.45) is 15.0 Å². The van der Waals surface area contributed by atoms with Gasteiger partial charge in [-0.3, -0.25) is 4.99 Å². The molecule has 2 aromatic heterocycles. The Bertz CT molecular complexity index is 3890. The van der Waals surface area contributed by atoms with E-state index >= 15 is 0 Å². The Morgan fingerprint density at radius 2 is 0.957 bits per heavy atom. The van der Waals surface area contributed by atoms with Crippen LogP contribution in [0.1, 0.15) is 16.7 Å². The van der Waals surface area contributed by atoms with Crippen LogP contribution in [0, 0.1) is 0 Å². The molecule has 332 valence electrons. The number of hydrogen-bond acceptors (Lipinski definition) is 4. The first-order valence-electron chi connectivity index (χ1n) is 23.4. The number of aliphatic imine (C=N–C) groups is 3. The zero-order valence-corrected chi connectivity index (χ0v) is 38.1. The molecule has 0 aliphatic rings. The van der Waals surface area contributed by atoms with E-state index in [4.69, 9.17) is 18.8 Å². The zero-order valence-electron chi connectivity index (χ0n) is 38.1. The summed E-state index contributed by atoms with van der Waals surface area (Å²) in [6.07, 6.45) is 0. The molecule has 6 nitrogen and oxygen atoms in total. The van der Waals surface area contributed by atoms with Crippen LogP contribution < -0.4 is 4.90 Å². The molecule has 0 aliphatic heterocycles. The molecule has 0 atom stereocenters. The molecule has 0 aliphatic carbocycles. The Kier molecular flexibility index (Phi) is 11.0. The minimum atomic E-state index is 0.468. The van der Waals surface area contributed by atoms with Gasteiger partial charge in [-0.1, -0.05) is 182 Å². The maximum Gasteiger partial charge on any atom is 0.161 e. The average molecular weight is 901 g/mol. The maximum absolute atomic E-state index is 6.47. The van der Waals surface area contributed by atoms with Gasteiger partial charge in [-0.25, -0.2) is 9.98 Å². The predicted octanol–water partition coefficient (Wildman–Crippen LogP) is 17.1. The quantitative estimate of drug-likeness (QED) is 0.101. The van der Waals surface area contributed by atoms with Crippen molar-refractivity contribution >= 4 is 79.3 Å². The Hall–Kier alpha value is -9.39. The highest BCUT2D eigenvalue weighted by Crippen LogP contribution is 2.41. The van der Waals surface area contributed by atoms with Crippen molar-refractivity contribution in [2.45, 2.75) is 6.54 Å². The molecule has 0 fully saturated rings. The summed E-state index contributed by atoms with van der Waals surface area (Å²) >= 11 is 0. The Balaban J connectivity index is 0.906. The van der Waals surface area contributed by atoms with Gasteiger partial charge in [0.25, 0.3) is 0 Å². The zero-order chi connectivity index (χ0) is 46.8. The normalized spacial score (nSPS) is 12.0. The highest BCUT2D eigenvalue weighted by molar-refractivity contribution is 6.22. The lowest BCUT2D eigenvalue weighted by atomic mass is 9.99. The van der Waals surface area contributed by atoms with Gasteiger partial charge < -0.3 is 13.7 Å². The van der Waals surface area contributed by atoms with Gasteiger partial charge >= 0.3 is 0 Å². The van der Waals surface area contributed by atoms with Crippen molar-refractivity contribution in [3.05, 3.63) is 259 Å². The van der Waals surface area contributed by atoms with Crippen molar-refractivity contribution in [2.75, 3.05) is 4.90 Å². The standard InChI is InChI=1S/C64H44N4O2/c1-65-64(67-63(48-19-9-4-10-20-48)66-42-43-15-5-2-6-16-43)56-24-14-26-60-61(56)57-41-49(33-40-59(57)69-60)46-29-36-51(37-30-46)68(50-34-27-45(28-35-50)44-17-7-3-8-18-44)52-38-31-47(32-39-52)53-22-13-23-55-54-21-11-12-25-58(54)70-62(53)55/h2-41H,1,42H2. The van der Waals surface area contributed by atoms with Crippen molar-refractivity contribution in [1.29, 1.82) is 0 Å². The second-order valence-corrected chi connectivity index (χ2v) is 17.2. The summed E-state index contributed by atoms with van der Waals surface area (Å²) in [6.45, 7) is 4.46. The first-order valence-corrected chi connectivity index (χ1v) is 23.4. The highest BCUT2D eigenvalue weighted by atomic mass is 16.3. The largest absolute Gasteiger partial charge is 0.456 e. The Labute approximate surface area is 405 Å². The van der Waals surface area contributed by atoms with E-state index in [0.717, 1.165) is 105 Å². The molecule has 70 heavy (non-hydrogen) atoms. The van der Waals surface area contributed by atoms with Crippen LogP contribution in [0.2, 0.25) is 0 Å². The SMILES string of the molecule is C=NC(=NC(=NCc1ccccc1)c1ccccc1)c1cccc2oc3ccc(-c4ccc(N(c5ccc(-c6ccccc6)cc5)c5ccc(-c6cccc7c6oc6ccccc67)cc5)cc4)cc3c12. The molecular formula is C64H44N4O2. The predicted molar refractivity (Wildman–Crippen MR) is 291 cm³/mol. The van der Waals surface area contributed by atoms with Crippen LogP contribution in [0.15, 0.2) is 266 Å². The summed E-state index contributed by atoms with van der Waals surface area (Å²) in [6, 6.07) is 83.9. The molecule has 0 saturated carbocycles. The lowest BCUT2D eigenvalue weighted by molar-refractivity contribution is 0.669. The third-order valence-corrected chi connectivity index (χ3v) is 12.9. The molecule has 0 spiro atoms. The van der Waals surface area contributed by atoms with E-state index in [2.05, 4.69) is 168 Å². The molecule has 12 rings (SSSR count). The van der Waals surface area contributed by atoms with Gasteiger partial charge in [0.15, 0.2) is 11.7 Å². The van der Waals surface area contributed by atoms with Gasteiger partial charge in [0.2, 0.25) is 0 Å². The summed E-state index contributed by atoms with van der Waals surface area (Å²) in [5.41, 5.74) is 15.8. The van der Waals surface area contributed by atoms with Crippen molar-refractivity contribution in [3.63, 3.8) is 0 Å². The number of benzene rings is 10. The second-order valence-electron chi connectivity index (χ2n) is 17.2. The molecule has 0 N–H and O–H groups in total. The Morgan fingerprint density at radius 1 is 0.414 bits per heavy atom. The summed E-state index contributed by atoms with van der Waals surface area (Å²) in [5.74, 6) is 1.05. The van der Waals surface area contributed by atoms with Crippen LogP contribution in [0.5, 0.6) is 0 Å². The van der Waals surface area contributed by atoms with Gasteiger partial charge in [0, 0.05) is 55.3 Å². The first-order chi connectivity index (χ1) is 34.6. The minimum Gasteiger partial charge on any atom is -0.456 e. The number of anilines is 3. The summed E-state index contributed by atoms with van der Waals surface area (Å²) in [5, 5.41) is 4.12. The van der Waals surface area contributed by atoms with Gasteiger partial charge in [-0.15, -0.1) is 0 Å². The molecule has 12 aromatic rings. The second kappa shape index (κ2) is 18.4. The lowest BCUT2D eigenvalue weighted by Crippen LogP contribution is -2.09. The number of amidine groups is 2. The average Bonchev–Trinajstić information content (AvgIpc) is 4.01. The molecule has 0 bridgehead atoms. The van der Waals surface area contributed by atoms with E-state index in [0.29, 0.717) is 18.2 Å². The third-order valence-electron chi connectivity index (χ3n) is 12.9. The first kappa shape index (κ1) is 42.0. The molecule has 2 heterocycles. The number of nitrogens with zero attached hydrogens (tertiary/aromatic N) is 4. The van der Waals surface area contributed by atoms with E-state index < -0.39 is 0 Å². The van der Waals surface area contributed by atoms with Crippen LogP contribution in [-0.2, 0) is 6.54 Å². The van der Waals surface area contributed by atoms with E-state index in [9.17, 15) is 0 Å². The molecular weight excluding hydrogens is 857 g/mol. The van der Waals surface area contributed by atoms with Gasteiger partial charge in [0.05, 0.1) is 6.54 Å². The van der Waals surface area contributed by atoms with Crippen LogP contribution >= 0.6 is 0 Å². The third kappa shape index (κ3) is 8.03. The molecule has 10 aromatic carbocycles. The topological polar surface area (TPSA) is 66.6 Å². The fourth-order valence-electron chi connectivity index (χ4n) is 9.45. The summed E-state index contributed by atoms with van der Waals surface area (Å²) in [4.78, 5) is 16.9. The highest BCUT2D eigenvalue weighted by Gasteiger charge is 2.19.